The van der Waals surface area contributed by atoms with Crippen molar-refractivity contribution < 1.29 is 4.39 Å². The van der Waals surface area contributed by atoms with Crippen LogP contribution in [0.3, 0.4) is 0 Å². The quantitative estimate of drug-likeness (QED) is 0.885. The second kappa shape index (κ2) is 5.43. The van der Waals surface area contributed by atoms with Crippen molar-refractivity contribution in [1.82, 2.24) is 9.55 Å². The van der Waals surface area contributed by atoms with Crippen molar-refractivity contribution in [2.75, 3.05) is 6.54 Å². The average Bonchev–Trinajstić information content (AvgIpc) is 2.80. The third-order valence-electron chi connectivity index (χ3n) is 2.67. The Balaban J connectivity index is 2.23. The highest BCUT2D eigenvalue weighted by Crippen LogP contribution is 2.12. The van der Waals surface area contributed by atoms with Gasteiger partial charge in [0.2, 0.25) is 0 Å². The van der Waals surface area contributed by atoms with Crippen molar-refractivity contribution >= 4 is 0 Å². The minimum Gasteiger partial charge on any atom is -0.330 e. The van der Waals surface area contributed by atoms with Crippen LogP contribution in [0.2, 0.25) is 0 Å². The Morgan fingerprint density at radius 1 is 1.44 bits per heavy atom. The number of nitrogens with two attached hydrogens (primary N) is 1. The summed E-state index contributed by atoms with van der Waals surface area (Å²) in [5.74, 6) is 0.398. The van der Waals surface area contributed by atoms with E-state index >= 15 is 0 Å². The number of halogens is 1. The molecule has 4 nitrogen and oxygen atoms in total. The summed E-state index contributed by atoms with van der Waals surface area (Å²) < 4.78 is 15.1. The van der Waals surface area contributed by atoms with Crippen LogP contribution in [-0.2, 0) is 13.0 Å². The molecule has 0 saturated carbocycles. The molecule has 0 atom stereocenters. The fourth-order valence-corrected chi connectivity index (χ4v) is 1.79. The van der Waals surface area contributed by atoms with Crippen molar-refractivity contribution in [2.45, 2.75) is 13.0 Å². The minimum absolute atomic E-state index is 0.0630. The third kappa shape index (κ3) is 2.55. The Labute approximate surface area is 104 Å². The van der Waals surface area contributed by atoms with Crippen LogP contribution >= 0.6 is 0 Å². The average molecular weight is 244 g/mol. The van der Waals surface area contributed by atoms with Gasteiger partial charge in [-0.3, -0.25) is 0 Å². The van der Waals surface area contributed by atoms with Crippen LogP contribution in [0.25, 0.3) is 0 Å². The van der Waals surface area contributed by atoms with E-state index in [0.29, 0.717) is 19.5 Å². The first-order valence-electron chi connectivity index (χ1n) is 5.63. The highest BCUT2D eigenvalue weighted by atomic mass is 19.1. The molecule has 2 N–H and O–H groups in total. The van der Waals surface area contributed by atoms with Gasteiger partial charge in [-0.15, -0.1) is 0 Å². The van der Waals surface area contributed by atoms with Gasteiger partial charge in [0.1, 0.15) is 17.7 Å². The summed E-state index contributed by atoms with van der Waals surface area (Å²) in [6, 6.07) is 6.37. The third-order valence-corrected chi connectivity index (χ3v) is 2.67. The summed E-state index contributed by atoms with van der Waals surface area (Å²) in [5.41, 5.74) is 6.43. The molecule has 0 aliphatic carbocycles. The number of benzene rings is 1. The van der Waals surface area contributed by atoms with Gasteiger partial charge in [0.25, 0.3) is 0 Å². The van der Waals surface area contributed by atoms with Gasteiger partial charge in [0, 0.05) is 25.4 Å². The fourth-order valence-electron chi connectivity index (χ4n) is 1.79. The van der Waals surface area contributed by atoms with Crippen LogP contribution in [-0.4, -0.2) is 16.1 Å². The largest absolute Gasteiger partial charge is 0.330 e. The smallest absolute Gasteiger partial charge is 0.140 e. The molecular formula is C13H13FN4. The molecule has 1 heterocycles. The predicted octanol–water partition coefficient (Wildman–Crippen LogP) is 1.44. The zero-order valence-corrected chi connectivity index (χ0v) is 9.81. The van der Waals surface area contributed by atoms with Gasteiger partial charge in [-0.25, -0.2) is 9.37 Å². The lowest BCUT2D eigenvalue weighted by molar-refractivity contribution is 0.621. The van der Waals surface area contributed by atoms with E-state index in [2.05, 4.69) is 4.98 Å². The molecule has 2 aromatic rings. The number of hydrogen-bond donors (Lipinski definition) is 1. The lowest BCUT2D eigenvalue weighted by atomic mass is 10.1. The Kier molecular flexibility index (Phi) is 3.70. The molecule has 0 fully saturated rings. The van der Waals surface area contributed by atoms with Crippen molar-refractivity contribution in [1.29, 1.82) is 5.26 Å². The first-order valence-corrected chi connectivity index (χ1v) is 5.63. The normalized spacial score (nSPS) is 10.3. The number of nitrogens with zero attached hydrogens (tertiary/aromatic N) is 3. The highest BCUT2D eigenvalue weighted by Gasteiger charge is 2.06. The molecule has 0 spiro atoms. The minimum atomic E-state index is -0.492. The van der Waals surface area contributed by atoms with Gasteiger partial charge in [-0.2, -0.15) is 5.26 Å². The van der Waals surface area contributed by atoms with Crippen LogP contribution in [0.5, 0.6) is 0 Å². The number of hydrogen-bond acceptors (Lipinski definition) is 3. The molecule has 0 bridgehead atoms. The molecule has 0 aliphatic rings. The number of rotatable bonds is 4. The zero-order chi connectivity index (χ0) is 13.0. The number of aromatic nitrogens is 2. The van der Waals surface area contributed by atoms with Gasteiger partial charge in [-0.1, -0.05) is 6.07 Å². The van der Waals surface area contributed by atoms with E-state index < -0.39 is 5.82 Å². The fraction of sp³-hybridized carbons (Fsp3) is 0.231. The van der Waals surface area contributed by atoms with E-state index in [9.17, 15) is 4.39 Å². The van der Waals surface area contributed by atoms with E-state index in [1.165, 1.54) is 6.07 Å². The van der Waals surface area contributed by atoms with Crippen molar-refractivity contribution in [3.63, 3.8) is 0 Å². The van der Waals surface area contributed by atoms with E-state index in [1.54, 1.807) is 18.3 Å². The van der Waals surface area contributed by atoms with Gasteiger partial charge in [-0.05, 0) is 24.2 Å². The van der Waals surface area contributed by atoms with Crippen LogP contribution < -0.4 is 5.73 Å². The van der Waals surface area contributed by atoms with Gasteiger partial charge < -0.3 is 10.3 Å². The maximum absolute atomic E-state index is 13.2. The SMILES string of the molecule is N#Cc1cc(Cn2ccnc2CCN)ccc1F. The van der Waals surface area contributed by atoms with Gasteiger partial charge in [0.05, 0.1) is 5.56 Å². The van der Waals surface area contributed by atoms with Crippen LogP contribution in [0, 0.1) is 17.1 Å². The topological polar surface area (TPSA) is 67.6 Å². The molecule has 0 saturated heterocycles. The second-order valence-corrected chi connectivity index (χ2v) is 3.94. The first-order chi connectivity index (χ1) is 8.74. The van der Waals surface area contributed by atoms with Crippen molar-refractivity contribution in [2.24, 2.45) is 5.73 Å². The van der Waals surface area contributed by atoms with Crippen LogP contribution in [0.15, 0.2) is 30.6 Å². The Hall–Kier alpha value is -2.19. The lowest BCUT2D eigenvalue weighted by Gasteiger charge is -2.07. The summed E-state index contributed by atoms with van der Waals surface area (Å²) in [5, 5.41) is 8.78. The van der Waals surface area contributed by atoms with E-state index in [0.717, 1.165) is 11.4 Å². The molecule has 0 aliphatic heterocycles. The van der Waals surface area contributed by atoms with E-state index in [-0.39, 0.29) is 5.56 Å². The zero-order valence-electron chi connectivity index (χ0n) is 9.81. The molecule has 1 aromatic carbocycles. The number of imidazole rings is 1. The Morgan fingerprint density at radius 2 is 2.28 bits per heavy atom. The molecule has 0 amide bonds. The monoisotopic (exact) mass is 244 g/mol. The highest BCUT2D eigenvalue weighted by molar-refractivity contribution is 5.34. The van der Waals surface area contributed by atoms with Crippen molar-refractivity contribution in [3.8, 4) is 6.07 Å². The molecule has 5 heteroatoms. The van der Waals surface area contributed by atoms with Crippen molar-refractivity contribution in [3.05, 3.63) is 53.4 Å². The van der Waals surface area contributed by atoms with E-state index in [4.69, 9.17) is 11.0 Å². The summed E-state index contributed by atoms with van der Waals surface area (Å²) in [7, 11) is 0. The van der Waals surface area contributed by atoms with Crippen LogP contribution in [0.1, 0.15) is 17.0 Å². The van der Waals surface area contributed by atoms with Crippen LogP contribution in [0.4, 0.5) is 4.39 Å². The maximum atomic E-state index is 13.2. The first kappa shape index (κ1) is 12.3. The summed E-state index contributed by atoms with van der Waals surface area (Å²) in [6.07, 6.45) is 4.25. The molecular weight excluding hydrogens is 231 g/mol. The summed E-state index contributed by atoms with van der Waals surface area (Å²) in [6.45, 7) is 1.09. The predicted molar refractivity (Wildman–Crippen MR) is 65.2 cm³/mol. The van der Waals surface area contributed by atoms with E-state index in [1.807, 2.05) is 16.8 Å². The molecule has 0 unspecified atom stereocenters. The summed E-state index contributed by atoms with van der Waals surface area (Å²) >= 11 is 0. The number of nitriles is 1. The second-order valence-electron chi connectivity index (χ2n) is 3.94. The molecule has 0 radical (unpaired) electrons. The molecule has 18 heavy (non-hydrogen) atoms. The van der Waals surface area contributed by atoms with Gasteiger partial charge >= 0.3 is 0 Å². The molecule has 92 valence electrons. The molecule has 1 aromatic heterocycles. The summed E-state index contributed by atoms with van der Waals surface area (Å²) in [4.78, 5) is 4.21. The maximum Gasteiger partial charge on any atom is 0.140 e. The van der Waals surface area contributed by atoms with Gasteiger partial charge in [0.15, 0.2) is 0 Å². The Bertz CT molecular complexity index is 583. The molecule has 2 rings (SSSR count). The Morgan fingerprint density at radius 3 is 3.00 bits per heavy atom. The standard InChI is InChI=1S/C13H13FN4/c14-12-2-1-10(7-11(12)8-16)9-18-6-5-17-13(18)3-4-15/h1-2,5-7H,3-4,9,15H2. The lowest BCUT2D eigenvalue weighted by Crippen LogP contribution is -2.10.